The van der Waals surface area contributed by atoms with Gasteiger partial charge in [0.05, 0.1) is 5.88 Å². The maximum Gasteiger partial charge on any atom is 0.0568 e. The Hall–Kier alpha value is 0.470. The van der Waals surface area contributed by atoms with Crippen molar-refractivity contribution >= 4 is 38.9 Å². The largest absolute Gasteiger partial charge is 0.143 e. The van der Waals surface area contributed by atoms with Crippen molar-refractivity contribution in [2.75, 3.05) is 0 Å². The van der Waals surface area contributed by atoms with Gasteiger partial charge >= 0.3 is 0 Å². The lowest BCUT2D eigenvalue weighted by Crippen LogP contribution is -1.59. The van der Waals surface area contributed by atoms with Crippen LogP contribution in [0.1, 0.15) is 9.75 Å². The second kappa shape index (κ2) is 3.04. The van der Waals surface area contributed by atoms with Gasteiger partial charge in [0.1, 0.15) is 0 Å². The summed E-state index contributed by atoms with van der Waals surface area (Å²) in [6, 6.07) is 2.06. The molecule has 0 aliphatic rings. The van der Waals surface area contributed by atoms with Crippen LogP contribution in [0.3, 0.4) is 0 Å². The minimum absolute atomic E-state index is 0.622. The number of aryl methyl sites for hydroxylation is 1. The van der Waals surface area contributed by atoms with Gasteiger partial charge < -0.3 is 0 Å². The third-order valence-corrected chi connectivity index (χ3v) is 3.62. The van der Waals surface area contributed by atoms with Gasteiger partial charge in [-0.25, -0.2) is 0 Å². The third-order valence-electron chi connectivity index (χ3n) is 1.04. The summed E-state index contributed by atoms with van der Waals surface area (Å²) in [5.74, 6) is 0.622. The molecule has 0 aromatic carbocycles. The van der Waals surface area contributed by atoms with Crippen LogP contribution in [0.25, 0.3) is 0 Å². The fraction of sp³-hybridized carbons (Fsp3) is 0.333. The maximum atomic E-state index is 5.60. The van der Waals surface area contributed by atoms with E-state index in [1.165, 1.54) is 14.2 Å². The van der Waals surface area contributed by atoms with Crippen molar-refractivity contribution in [3.8, 4) is 0 Å². The van der Waals surface area contributed by atoms with Crippen LogP contribution in [0.5, 0.6) is 0 Å². The van der Waals surface area contributed by atoms with E-state index in [1.807, 2.05) is 0 Å². The standard InChI is InChI=1S/C6H6BrClS/c1-4-6(7)2-5(3-8)9-4/h2H,3H2,1H3. The molecule has 0 spiro atoms. The Morgan fingerprint density at radius 1 is 1.78 bits per heavy atom. The molecule has 0 nitrogen and oxygen atoms in total. The monoisotopic (exact) mass is 224 g/mol. The summed E-state index contributed by atoms with van der Waals surface area (Å²) in [7, 11) is 0. The van der Waals surface area contributed by atoms with Crippen LogP contribution in [0.15, 0.2) is 10.5 Å². The third kappa shape index (κ3) is 1.69. The Morgan fingerprint density at radius 3 is 2.67 bits per heavy atom. The van der Waals surface area contributed by atoms with Gasteiger partial charge in [-0.15, -0.1) is 22.9 Å². The van der Waals surface area contributed by atoms with E-state index in [2.05, 4.69) is 28.9 Å². The van der Waals surface area contributed by atoms with Crippen molar-refractivity contribution in [3.63, 3.8) is 0 Å². The second-order valence-electron chi connectivity index (χ2n) is 1.75. The van der Waals surface area contributed by atoms with Crippen LogP contribution in [0, 0.1) is 6.92 Å². The van der Waals surface area contributed by atoms with Gasteiger partial charge in [0.15, 0.2) is 0 Å². The summed E-state index contributed by atoms with van der Waals surface area (Å²) >= 11 is 10.7. The summed E-state index contributed by atoms with van der Waals surface area (Å²) in [6.45, 7) is 2.07. The molecule has 9 heavy (non-hydrogen) atoms. The van der Waals surface area contributed by atoms with Gasteiger partial charge in [-0.2, -0.15) is 0 Å². The molecule has 0 N–H and O–H groups in total. The smallest absolute Gasteiger partial charge is 0.0568 e. The molecule has 1 aromatic heterocycles. The number of thiophene rings is 1. The van der Waals surface area contributed by atoms with Crippen molar-refractivity contribution in [1.29, 1.82) is 0 Å². The molecule has 0 atom stereocenters. The molecule has 1 heterocycles. The first-order valence-corrected chi connectivity index (χ1v) is 4.69. The highest BCUT2D eigenvalue weighted by Gasteiger charge is 1.99. The Kier molecular flexibility index (Phi) is 2.56. The summed E-state index contributed by atoms with van der Waals surface area (Å²) in [5.41, 5.74) is 0. The topological polar surface area (TPSA) is 0 Å². The van der Waals surface area contributed by atoms with E-state index in [0.717, 1.165) is 0 Å². The minimum atomic E-state index is 0.622. The lowest BCUT2D eigenvalue weighted by Gasteiger charge is -1.78. The Bertz CT molecular complexity index is 187. The Morgan fingerprint density at radius 2 is 2.44 bits per heavy atom. The van der Waals surface area contributed by atoms with Gasteiger partial charge in [-0.1, -0.05) is 0 Å². The molecule has 3 heteroatoms. The molecule has 1 rings (SSSR count). The Balaban J connectivity index is 2.98. The van der Waals surface area contributed by atoms with Crippen LogP contribution in [-0.2, 0) is 5.88 Å². The van der Waals surface area contributed by atoms with E-state index in [-0.39, 0.29) is 0 Å². The summed E-state index contributed by atoms with van der Waals surface area (Å²) in [4.78, 5) is 2.52. The molecular weight excluding hydrogens is 219 g/mol. The maximum absolute atomic E-state index is 5.60. The van der Waals surface area contributed by atoms with Gasteiger partial charge in [0.2, 0.25) is 0 Å². The van der Waals surface area contributed by atoms with Crippen molar-refractivity contribution in [1.82, 2.24) is 0 Å². The van der Waals surface area contributed by atoms with Gasteiger partial charge in [0, 0.05) is 14.2 Å². The zero-order valence-electron chi connectivity index (χ0n) is 4.95. The first-order valence-electron chi connectivity index (χ1n) is 2.55. The molecule has 0 bridgehead atoms. The molecule has 0 aliphatic heterocycles. The summed E-state index contributed by atoms with van der Waals surface area (Å²) in [6.07, 6.45) is 0. The minimum Gasteiger partial charge on any atom is -0.143 e. The number of hydrogen-bond acceptors (Lipinski definition) is 1. The molecule has 0 saturated carbocycles. The van der Waals surface area contributed by atoms with Crippen molar-refractivity contribution < 1.29 is 0 Å². The van der Waals surface area contributed by atoms with E-state index >= 15 is 0 Å². The normalized spacial score (nSPS) is 10.1. The quantitative estimate of drug-likeness (QED) is 0.641. The van der Waals surface area contributed by atoms with Crippen molar-refractivity contribution in [2.24, 2.45) is 0 Å². The fourth-order valence-electron chi connectivity index (χ4n) is 0.584. The molecular formula is C6H6BrClS. The van der Waals surface area contributed by atoms with E-state index < -0.39 is 0 Å². The fourth-order valence-corrected chi connectivity index (χ4v) is 2.28. The SMILES string of the molecule is Cc1sc(CCl)cc1Br. The average Bonchev–Trinajstić information content (AvgIpc) is 2.13. The zero-order chi connectivity index (χ0) is 6.85. The molecule has 0 saturated heterocycles. The molecule has 0 radical (unpaired) electrons. The lowest BCUT2D eigenvalue weighted by atomic mass is 10.5. The molecule has 0 aliphatic carbocycles. The zero-order valence-corrected chi connectivity index (χ0v) is 8.11. The highest BCUT2D eigenvalue weighted by molar-refractivity contribution is 9.10. The number of rotatable bonds is 1. The van der Waals surface area contributed by atoms with Gasteiger partial charge in [-0.3, -0.25) is 0 Å². The average molecular weight is 226 g/mol. The van der Waals surface area contributed by atoms with E-state index in [1.54, 1.807) is 11.3 Å². The summed E-state index contributed by atoms with van der Waals surface area (Å²) < 4.78 is 1.17. The predicted molar refractivity (Wildman–Crippen MR) is 46.3 cm³/mol. The number of hydrogen-bond donors (Lipinski definition) is 0. The number of alkyl halides is 1. The molecule has 0 fully saturated rings. The van der Waals surface area contributed by atoms with Crippen LogP contribution < -0.4 is 0 Å². The van der Waals surface area contributed by atoms with E-state index in [9.17, 15) is 0 Å². The lowest BCUT2D eigenvalue weighted by molar-refractivity contribution is 1.51. The van der Waals surface area contributed by atoms with Gasteiger partial charge in [-0.05, 0) is 28.9 Å². The van der Waals surface area contributed by atoms with Gasteiger partial charge in [0.25, 0.3) is 0 Å². The Labute approximate surface area is 72.0 Å². The predicted octanol–water partition coefficient (Wildman–Crippen LogP) is 3.56. The molecule has 1 aromatic rings. The second-order valence-corrected chi connectivity index (χ2v) is 4.21. The molecule has 0 unspecified atom stereocenters. The number of halogens is 2. The van der Waals surface area contributed by atoms with Crippen LogP contribution in [-0.4, -0.2) is 0 Å². The highest BCUT2D eigenvalue weighted by atomic mass is 79.9. The van der Waals surface area contributed by atoms with Crippen LogP contribution in [0.4, 0.5) is 0 Å². The molecule has 50 valence electrons. The molecule has 0 amide bonds. The highest BCUT2D eigenvalue weighted by Crippen LogP contribution is 2.26. The van der Waals surface area contributed by atoms with Crippen molar-refractivity contribution in [2.45, 2.75) is 12.8 Å². The van der Waals surface area contributed by atoms with Crippen molar-refractivity contribution in [3.05, 3.63) is 20.3 Å². The first kappa shape index (κ1) is 7.58. The van der Waals surface area contributed by atoms with Crippen LogP contribution in [0.2, 0.25) is 0 Å². The van der Waals surface area contributed by atoms with Crippen LogP contribution >= 0.6 is 38.9 Å². The first-order chi connectivity index (χ1) is 4.24. The summed E-state index contributed by atoms with van der Waals surface area (Å²) in [5, 5.41) is 0. The van der Waals surface area contributed by atoms with E-state index in [4.69, 9.17) is 11.6 Å². The van der Waals surface area contributed by atoms with E-state index in [0.29, 0.717) is 5.88 Å².